The van der Waals surface area contributed by atoms with E-state index in [9.17, 15) is 14.9 Å². The normalized spacial score (nSPS) is 22.3. The number of anilines is 1. The van der Waals surface area contributed by atoms with E-state index in [1.807, 2.05) is 11.0 Å². The van der Waals surface area contributed by atoms with E-state index < -0.39 is 0 Å². The number of hydrogen-bond acceptors (Lipinski definition) is 6. The van der Waals surface area contributed by atoms with Gasteiger partial charge in [-0.05, 0) is 42.8 Å². The molecule has 0 aromatic heterocycles. The van der Waals surface area contributed by atoms with Crippen LogP contribution in [0.1, 0.15) is 37.7 Å². The van der Waals surface area contributed by atoms with Crippen LogP contribution in [0.4, 0.5) is 11.4 Å². The number of carbonyl (C=O) groups is 1. The molecule has 0 N–H and O–H groups in total. The summed E-state index contributed by atoms with van der Waals surface area (Å²) in [7, 11) is 1.78. The van der Waals surface area contributed by atoms with Crippen LogP contribution in [0.2, 0.25) is 0 Å². The van der Waals surface area contributed by atoms with Gasteiger partial charge in [-0.15, -0.1) is 0 Å². The molecule has 3 aliphatic rings. The first kappa shape index (κ1) is 20.7. The molecule has 2 aliphatic heterocycles. The van der Waals surface area contributed by atoms with Gasteiger partial charge in [0.2, 0.25) is 0 Å². The van der Waals surface area contributed by atoms with Crippen LogP contribution in [-0.4, -0.2) is 65.1 Å². The molecule has 1 aromatic rings. The van der Waals surface area contributed by atoms with Crippen LogP contribution in [0.3, 0.4) is 0 Å². The van der Waals surface area contributed by atoms with Crippen molar-refractivity contribution in [1.29, 1.82) is 0 Å². The highest BCUT2D eigenvalue weighted by molar-refractivity contribution is 7.80. The maximum Gasteiger partial charge on any atom is 0.293 e. The maximum absolute atomic E-state index is 13.1. The number of morpholine rings is 1. The van der Waals surface area contributed by atoms with Gasteiger partial charge in [0.05, 0.1) is 18.1 Å². The SMILES string of the molecule is CN1C(=S)N(C2CCCCC2)C(=O)/C1=C\c1ccc(N2CCOCC2)c([N+](=O)[O-])c1. The van der Waals surface area contributed by atoms with Crippen LogP contribution in [0.15, 0.2) is 23.9 Å². The van der Waals surface area contributed by atoms with Crippen molar-refractivity contribution in [3.63, 3.8) is 0 Å². The molecule has 1 saturated carbocycles. The van der Waals surface area contributed by atoms with Crippen LogP contribution in [-0.2, 0) is 9.53 Å². The lowest BCUT2D eigenvalue weighted by atomic mass is 9.94. The molecule has 9 heteroatoms. The van der Waals surface area contributed by atoms with Gasteiger partial charge in [0.25, 0.3) is 11.6 Å². The first-order chi connectivity index (χ1) is 14.5. The maximum atomic E-state index is 13.1. The minimum Gasteiger partial charge on any atom is -0.378 e. The molecule has 4 rings (SSSR count). The Morgan fingerprint density at radius 1 is 1.20 bits per heavy atom. The highest BCUT2D eigenvalue weighted by atomic mass is 32.1. The third kappa shape index (κ3) is 3.91. The number of nitro benzene ring substituents is 1. The number of thiocarbonyl (C=S) groups is 1. The minimum absolute atomic E-state index is 0.0334. The lowest BCUT2D eigenvalue weighted by molar-refractivity contribution is -0.384. The van der Waals surface area contributed by atoms with Crippen molar-refractivity contribution in [3.05, 3.63) is 39.6 Å². The van der Waals surface area contributed by atoms with E-state index in [-0.39, 0.29) is 22.6 Å². The van der Waals surface area contributed by atoms with Gasteiger partial charge in [-0.25, -0.2) is 0 Å². The van der Waals surface area contributed by atoms with Crippen LogP contribution < -0.4 is 4.90 Å². The second-order valence-electron chi connectivity index (χ2n) is 7.94. The van der Waals surface area contributed by atoms with Crippen molar-refractivity contribution < 1.29 is 14.5 Å². The second kappa shape index (κ2) is 8.69. The first-order valence-corrected chi connectivity index (χ1v) is 10.8. The Kier molecular flexibility index (Phi) is 6.01. The first-order valence-electron chi connectivity index (χ1n) is 10.4. The van der Waals surface area contributed by atoms with Crippen LogP contribution >= 0.6 is 12.2 Å². The number of carbonyl (C=O) groups excluding carboxylic acids is 1. The Labute approximate surface area is 181 Å². The summed E-state index contributed by atoms with van der Waals surface area (Å²) in [4.78, 5) is 29.9. The highest BCUT2D eigenvalue weighted by Gasteiger charge is 2.40. The van der Waals surface area contributed by atoms with E-state index in [0.717, 1.165) is 25.7 Å². The topological polar surface area (TPSA) is 79.2 Å². The molecule has 0 bridgehead atoms. The molecule has 0 unspecified atom stereocenters. The summed E-state index contributed by atoms with van der Waals surface area (Å²) in [5.74, 6) is -0.116. The Morgan fingerprint density at radius 2 is 1.90 bits per heavy atom. The largest absolute Gasteiger partial charge is 0.378 e. The van der Waals surface area contributed by atoms with Crippen molar-refractivity contribution in [2.24, 2.45) is 0 Å². The molecule has 0 radical (unpaired) electrons. The van der Waals surface area contributed by atoms with Gasteiger partial charge in [-0.1, -0.05) is 25.3 Å². The molecule has 2 saturated heterocycles. The van der Waals surface area contributed by atoms with Gasteiger partial charge in [0.1, 0.15) is 11.4 Å². The predicted molar refractivity (Wildman–Crippen MR) is 118 cm³/mol. The molecule has 1 aromatic carbocycles. The van der Waals surface area contributed by atoms with E-state index >= 15 is 0 Å². The number of hydrogen-bond donors (Lipinski definition) is 0. The zero-order valence-electron chi connectivity index (χ0n) is 17.1. The number of likely N-dealkylation sites (N-methyl/N-ethyl adjacent to an activating group) is 1. The number of nitro groups is 1. The Balaban J connectivity index is 1.63. The Bertz CT molecular complexity index is 891. The Hall–Kier alpha value is -2.52. The molecule has 1 aliphatic carbocycles. The molecule has 0 atom stereocenters. The van der Waals surface area contributed by atoms with Gasteiger partial charge in [-0.2, -0.15) is 0 Å². The summed E-state index contributed by atoms with van der Waals surface area (Å²) < 4.78 is 5.35. The molecule has 3 fully saturated rings. The van der Waals surface area contributed by atoms with E-state index in [0.29, 0.717) is 48.4 Å². The lowest BCUT2D eigenvalue weighted by Crippen LogP contribution is -2.41. The number of rotatable bonds is 4. The number of ether oxygens (including phenoxy) is 1. The van der Waals surface area contributed by atoms with Gasteiger partial charge in [-0.3, -0.25) is 19.8 Å². The summed E-state index contributed by atoms with van der Waals surface area (Å²) in [6.45, 7) is 2.34. The Morgan fingerprint density at radius 3 is 2.57 bits per heavy atom. The molecular weight excluding hydrogens is 404 g/mol. The summed E-state index contributed by atoms with van der Waals surface area (Å²) >= 11 is 5.55. The fourth-order valence-corrected chi connectivity index (χ4v) is 4.77. The summed E-state index contributed by atoms with van der Waals surface area (Å²) in [5.41, 5.74) is 1.68. The third-order valence-electron chi connectivity index (χ3n) is 6.08. The minimum atomic E-state index is -0.369. The van der Waals surface area contributed by atoms with E-state index in [4.69, 9.17) is 17.0 Å². The summed E-state index contributed by atoms with van der Waals surface area (Å²) in [6, 6.07) is 5.25. The standard InChI is InChI=1S/C21H26N4O4S/c1-22-19(20(26)24(21(22)30)16-5-3-2-4-6-16)14-15-7-8-17(18(13-15)25(27)28)23-9-11-29-12-10-23/h7-8,13-14,16H,2-6,9-12H2,1H3/b19-14+. The monoisotopic (exact) mass is 430 g/mol. The van der Waals surface area contributed by atoms with Crippen molar-refractivity contribution in [3.8, 4) is 0 Å². The highest BCUT2D eigenvalue weighted by Crippen LogP contribution is 2.33. The van der Waals surface area contributed by atoms with E-state index in [1.165, 1.54) is 12.5 Å². The number of amides is 1. The molecule has 30 heavy (non-hydrogen) atoms. The summed E-state index contributed by atoms with van der Waals surface area (Å²) in [6.07, 6.45) is 7.04. The average molecular weight is 431 g/mol. The smallest absolute Gasteiger partial charge is 0.293 e. The fraction of sp³-hybridized carbons (Fsp3) is 0.524. The quantitative estimate of drug-likeness (QED) is 0.314. The van der Waals surface area contributed by atoms with Gasteiger partial charge in [0.15, 0.2) is 5.11 Å². The second-order valence-corrected chi connectivity index (χ2v) is 8.31. The van der Waals surface area contributed by atoms with Crippen molar-refractivity contribution in [2.75, 3.05) is 38.3 Å². The number of benzene rings is 1. The van der Waals surface area contributed by atoms with Crippen molar-refractivity contribution in [1.82, 2.24) is 9.80 Å². The molecule has 1 amide bonds. The predicted octanol–water partition coefficient (Wildman–Crippen LogP) is 3.16. The fourth-order valence-electron chi connectivity index (χ4n) is 4.44. The molecule has 2 heterocycles. The molecule has 8 nitrogen and oxygen atoms in total. The van der Waals surface area contributed by atoms with Crippen molar-refractivity contribution >= 4 is 40.7 Å². The van der Waals surface area contributed by atoms with E-state index in [2.05, 4.69) is 0 Å². The molecule has 160 valence electrons. The molecule has 0 spiro atoms. The van der Waals surface area contributed by atoms with E-state index in [1.54, 1.807) is 29.0 Å². The molecular formula is C21H26N4O4S. The zero-order valence-corrected chi connectivity index (χ0v) is 17.9. The van der Waals surface area contributed by atoms with Gasteiger partial charge in [0, 0.05) is 32.2 Å². The summed E-state index contributed by atoms with van der Waals surface area (Å²) in [5, 5.41) is 12.2. The van der Waals surface area contributed by atoms with Gasteiger partial charge >= 0.3 is 0 Å². The third-order valence-corrected chi connectivity index (χ3v) is 6.55. The lowest BCUT2D eigenvalue weighted by Gasteiger charge is -2.30. The van der Waals surface area contributed by atoms with Crippen LogP contribution in [0.5, 0.6) is 0 Å². The average Bonchev–Trinajstić information content (AvgIpc) is 2.98. The van der Waals surface area contributed by atoms with Gasteiger partial charge < -0.3 is 14.5 Å². The number of nitrogens with zero attached hydrogens (tertiary/aromatic N) is 4. The van der Waals surface area contributed by atoms with Crippen LogP contribution in [0.25, 0.3) is 6.08 Å². The zero-order chi connectivity index (χ0) is 21.3. The van der Waals surface area contributed by atoms with Crippen LogP contribution in [0, 0.1) is 10.1 Å². The van der Waals surface area contributed by atoms with Crippen molar-refractivity contribution in [2.45, 2.75) is 38.1 Å².